The minimum absolute atomic E-state index is 0.0399. The summed E-state index contributed by atoms with van der Waals surface area (Å²) >= 11 is 0. The molecule has 0 aromatic carbocycles. The minimum Gasteiger partial charge on any atom is -0.394 e. The predicted octanol–water partition coefficient (Wildman–Crippen LogP) is 1.01. The van der Waals surface area contributed by atoms with E-state index in [4.69, 9.17) is 0 Å². The van der Waals surface area contributed by atoms with Crippen LogP contribution in [-0.4, -0.2) is 59.0 Å². The van der Waals surface area contributed by atoms with Gasteiger partial charge in [-0.1, -0.05) is 12.8 Å². The molecule has 0 bridgehead atoms. The third-order valence-corrected chi connectivity index (χ3v) is 5.11. The van der Waals surface area contributed by atoms with Crippen LogP contribution in [0.1, 0.15) is 44.9 Å². The monoisotopic (exact) mass is 294 g/mol. The van der Waals surface area contributed by atoms with Crippen LogP contribution in [0.3, 0.4) is 0 Å². The van der Waals surface area contributed by atoms with Crippen molar-refractivity contribution in [3.05, 3.63) is 0 Å². The standard InChI is InChI=1S/C16H26N2O3/c19-11-14-4-2-1-3-7-18(14)16(21)13-8-15(20)17(10-13)9-12-5-6-12/h12-14,19H,1-11H2. The van der Waals surface area contributed by atoms with Gasteiger partial charge in [-0.25, -0.2) is 0 Å². The van der Waals surface area contributed by atoms with Crippen LogP contribution in [0.4, 0.5) is 0 Å². The fourth-order valence-electron chi connectivity index (χ4n) is 3.62. The van der Waals surface area contributed by atoms with Crippen LogP contribution in [0.2, 0.25) is 0 Å². The second-order valence-electron chi connectivity index (χ2n) is 6.86. The highest BCUT2D eigenvalue weighted by molar-refractivity contribution is 5.89. The molecule has 2 amide bonds. The molecular weight excluding hydrogens is 268 g/mol. The second kappa shape index (κ2) is 6.34. The zero-order valence-corrected chi connectivity index (χ0v) is 12.7. The van der Waals surface area contributed by atoms with Crippen molar-refractivity contribution in [2.45, 2.75) is 51.0 Å². The summed E-state index contributed by atoms with van der Waals surface area (Å²) in [5.41, 5.74) is 0. The molecule has 2 atom stereocenters. The first-order valence-corrected chi connectivity index (χ1v) is 8.38. The van der Waals surface area contributed by atoms with Gasteiger partial charge >= 0.3 is 0 Å². The van der Waals surface area contributed by atoms with Crippen molar-refractivity contribution in [3.63, 3.8) is 0 Å². The summed E-state index contributed by atoms with van der Waals surface area (Å²) in [6.07, 6.45) is 6.90. The van der Waals surface area contributed by atoms with E-state index in [1.165, 1.54) is 12.8 Å². The first-order chi connectivity index (χ1) is 10.2. The maximum Gasteiger partial charge on any atom is 0.228 e. The van der Waals surface area contributed by atoms with Gasteiger partial charge in [-0.3, -0.25) is 9.59 Å². The first kappa shape index (κ1) is 14.8. The van der Waals surface area contributed by atoms with Gasteiger partial charge in [-0.15, -0.1) is 0 Å². The first-order valence-electron chi connectivity index (χ1n) is 8.38. The van der Waals surface area contributed by atoms with Gasteiger partial charge in [0.15, 0.2) is 0 Å². The lowest BCUT2D eigenvalue weighted by Gasteiger charge is -2.30. The number of rotatable bonds is 4. The second-order valence-corrected chi connectivity index (χ2v) is 6.86. The van der Waals surface area contributed by atoms with Gasteiger partial charge in [0, 0.05) is 26.1 Å². The molecule has 21 heavy (non-hydrogen) atoms. The van der Waals surface area contributed by atoms with Crippen molar-refractivity contribution in [3.8, 4) is 0 Å². The molecule has 0 spiro atoms. The van der Waals surface area contributed by atoms with Gasteiger partial charge in [0.1, 0.15) is 0 Å². The Kier molecular flexibility index (Phi) is 4.48. The van der Waals surface area contributed by atoms with Gasteiger partial charge in [-0.05, 0) is 31.6 Å². The summed E-state index contributed by atoms with van der Waals surface area (Å²) in [5.74, 6) is 0.702. The molecule has 2 aliphatic heterocycles. The molecule has 5 nitrogen and oxygen atoms in total. The van der Waals surface area contributed by atoms with Crippen molar-refractivity contribution in [2.24, 2.45) is 11.8 Å². The van der Waals surface area contributed by atoms with E-state index in [0.29, 0.717) is 18.9 Å². The Balaban J connectivity index is 1.62. The van der Waals surface area contributed by atoms with E-state index in [0.717, 1.165) is 38.8 Å². The lowest BCUT2D eigenvalue weighted by molar-refractivity contribution is -0.138. The third kappa shape index (κ3) is 3.39. The average molecular weight is 294 g/mol. The molecule has 2 heterocycles. The van der Waals surface area contributed by atoms with Gasteiger partial charge in [0.25, 0.3) is 0 Å². The van der Waals surface area contributed by atoms with Crippen LogP contribution in [0.15, 0.2) is 0 Å². The van der Waals surface area contributed by atoms with Crippen LogP contribution in [0.25, 0.3) is 0 Å². The number of carbonyl (C=O) groups excluding carboxylic acids is 2. The van der Waals surface area contributed by atoms with E-state index < -0.39 is 0 Å². The summed E-state index contributed by atoms with van der Waals surface area (Å²) in [4.78, 5) is 28.5. The Hall–Kier alpha value is -1.10. The molecule has 2 unspecified atom stereocenters. The Bertz CT molecular complexity index is 408. The van der Waals surface area contributed by atoms with Crippen molar-refractivity contribution in [1.82, 2.24) is 9.80 Å². The minimum atomic E-state index is -0.191. The molecule has 1 N–H and O–H groups in total. The summed E-state index contributed by atoms with van der Waals surface area (Å²) < 4.78 is 0. The molecule has 3 aliphatic rings. The number of aliphatic hydroxyl groups is 1. The number of aliphatic hydroxyl groups excluding tert-OH is 1. The normalized spacial score (nSPS) is 30.6. The van der Waals surface area contributed by atoms with Crippen LogP contribution in [-0.2, 0) is 9.59 Å². The van der Waals surface area contributed by atoms with Crippen molar-refractivity contribution < 1.29 is 14.7 Å². The van der Waals surface area contributed by atoms with Gasteiger partial charge < -0.3 is 14.9 Å². The number of carbonyl (C=O) groups is 2. The van der Waals surface area contributed by atoms with Crippen molar-refractivity contribution in [2.75, 3.05) is 26.2 Å². The van der Waals surface area contributed by atoms with E-state index in [1.54, 1.807) is 0 Å². The lowest BCUT2D eigenvalue weighted by atomic mass is 10.0. The van der Waals surface area contributed by atoms with E-state index in [9.17, 15) is 14.7 Å². The molecule has 0 aromatic rings. The summed E-state index contributed by atoms with van der Waals surface area (Å²) in [6.45, 7) is 2.20. The van der Waals surface area contributed by atoms with E-state index in [1.807, 2.05) is 9.80 Å². The van der Waals surface area contributed by atoms with Crippen LogP contribution in [0, 0.1) is 11.8 Å². The highest BCUT2D eigenvalue weighted by atomic mass is 16.3. The number of hydrogen-bond acceptors (Lipinski definition) is 3. The molecular formula is C16H26N2O3. The van der Waals surface area contributed by atoms with Crippen LogP contribution >= 0.6 is 0 Å². The highest BCUT2D eigenvalue weighted by Crippen LogP contribution is 2.32. The highest BCUT2D eigenvalue weighted by Gasteiger charge is 2.40. The van der Waals surface area contributed by atoms with E-state index in [-0.39, 0.29) is 30.4 Å². The van der Waals surface area contributed by atoms with Crippen molar-refractivity contribution >= 4 is 11.8 Å². The van der Waals surface area contributed by atoms with Crippen LogP contribution < -0.4 is 0 Å². The number of likely N-dealkylation sites (tertiary alicyclic amines) is 2. The van der Waals surface area contributed by atoms with E-state index in [2.05, 4.69) is 0 Å². The third-order valence-electron chi connectivity index (χ3n) is 5.11. The van der Waals surface area contributed by atoms with E-state index >= 15 is 0 Å². The lowest BCUT2D eigenvalue weighted by Crippen LogP contribution is -2.45. The Morgan fingerprint density at radius 2 is 2.00 bits per heavy atom. The van der Waals surface area contributed by atoms with Gasteiger partial charge in [0.05, 0.1) is 18.6 Å². The SMILES string of the molecule is O=C1CC(C(=O)N2CCCCCC2CO)CN1CC1CC1. The molecule has 0 aromatic heterocycles. The van der Waals surface area contributed by atoms with Crippen molar-refractivity contribution in [1.29, 1.82) is 0 Å². The zero-order valence-electron chi connectivity index (χ0n) is 12.7. The average Bonchev–Trinajstić information content (AvgIpc) is 3.25. The fourth-order valence-corrected chi connectivity index (χ4v) is 3.62. The molecule has 1 aliphatic carbocycles. The maximum absolute atomic E-state index is 12.8. The molecule has 1 saturated carbocycles. The molecule has 2 saturated heterocycles. The topological polar surface area (TPSA) is 60.9 Å². The number of hydrogen-bond donors (Lipinski definition) is 1. The summed E-state index contributed by atoms with van der Waals surface area (Å²) in [5, 5.41) is 9.54. The number of amides is 2. The fraction of sp³-hybridized carbons (Fsp3) is 0.875. The molecule has 3 rings (SSSR count). The molecule has 118 valence electrons. The molecule has 3 fully saturated rings. The Morgan fingerprint density at radius 1 is 1.19 bits per heavy atom. The predicted molar refractivity (Wildman–Crippen MR) is 78.5 cm³/mol. The Morgan fingerprint density at radius 3 is 2.71 bits per heavy atom. The number of nitrogens with zero attached hydrogens (tertiary/aromatic N) is 2. The van der Waals surface area contributed by atoms with Gasteiger partial charge in [0.2, 0.25) is 11.8 Å². The van der Waals surface area contributed by atoms with Crippen LogP contribution in [0.5, 0.6) is 0 Å². The molecule has 0 radical (unpaired) electrons. The molecule has 5 heteroatoms. The maximum atomic E-state index is 12.8. The van der Waals surface area contributed by atoms with Gasteiger partial charge in [-0.2, -0.15) is 0 Å². The smallest absolute Gasteiger partial charge is 0.228 e. The quantitative estimate of drug-likeness (QED) is 0.842. The summed E-state index contributed by atoms with van der Waals surface area (Å²) in [7, 11) is 0. The largest absolute Gasteiger partial charge is 0.394 e. The zero-order chi connectivity index (χ0) is 14.8. The summed E-state index contributed by atoms with van der Waals surface area (Å²) in [6, 6.07) is -0.0485. The Labute approximate surface area is 126 Å².